The highest BCUT2D eigenvalue weighted by atomic mass is 35.5. The third-order valence-corrected chi connectivity index (χ3v) is 12.4. The van der Waals surface area contributed by atoms with Gasteiger partial charge in [0.15, 0.2) is 16.6 Å². The van der Waals surface area contributed by atoms with E-state index in [2.05, 4.69) is 44.4 Å². The largest absolute Gasteiger partial charge is 0.419 e. The number of carbonyl (C=O) groups excluding carboxylic acids is 4. The maximum Gasteiger partial charge on any atom is 0.419 e. The monoisotopic (exact) mass is 887 g/mol. The molecule has 21 heteroatoms. The highest BCUT2D eigenvalue weighted by Gasteiger charge is 2.53. The van der Waals surface area contributed by atoms with Crippen molar-refractivity contribution in [1.82, 2.24) is 34.8 Å². The molecule has 1 aliphatic carbocycles. The molecule has 1 aromatic carbocycles. The van der Waals surface area contributed by atoms with Crippen LogP contribution >= 0.6 is 24.6 Å². The summed E-state index contributed by atoms with van der Waals surface area (Å²) in [6.07, 6.45) is -0.771. The predicted octanol–water partition coefficient (Wildman–Crippen LogP) is 4.80. The van der Waals surface area contributed by atoms with Gasteiger partial charge in [0.2, 0.25) is 11.8 Å². The quantitative estimate of drug-likeness (QED) is 0.267. The number of urea groups is 1. The van der Waals surface area contributed by atoms with Crippen LogP contribution in [0.25, 0.3) is 10.9 Å². The van der Waals surface area contributed by atoms with Crippen molar-refractivity contribution in [2.75, 3.05) is 54.4 Å². The second-order valence-electron chi connectivity index (χ2n) is 16.4. The smallest absolute Gasteiger partial charge is 0.377 e. The molecule has 61 heavy (non-hydrogen) atoms. The van der Waals surface area contributed by atoms with E-state index in [1.165, 1.54) is 11.0 Å². The van der Waals surface area contributed by atoms with Crippen LogP contribution in [0.2, 0.25) is 0 Å². The van der Waals surface area contributed by atoms with Gasteiger partial charge in [-0.15, -0.1) is 12.4 Å². The van der Waals surface area contributed by atoms with Crippen LogP contribution in [0.15, 0.2) is 30.5 Å². The van der Waals surface area contributed by atoms with Crippen molar-refractivity contribution in [2.45, 2.75) is 95.7 Å². The highest BCUT2D eigenvalue weighted by Crippen LogP contribution is 2.40. The fraction of sp³-hybridized carbons (Fsp3) is 0.550. The molecule has 16 nitrogen and oxygen atoms in total. The van der Waals surface area contributed by atoms with E-state index in [1.807, 2.05) is 11.0 Å². The molecule has 328 valence electrons. The van der Waals surface area contributed by atoms with Crippen LogP contribution in [0, 0.1) is 11.3 Å². The van der Waals surface area contributed by atoms with Crippen LogP contribution in [0.4, 0.5) is 35.2 Å². The number of nitrogens with one attached hydrogen (secondary N) is 2. The van der Waals surface area contributed by atoms with E-state index in [9.17, 15) is 32.3 Å². The number of amides is 5. The third kappa shape index (κ3) is 9.02. The van der Waals surface area contributed by atoms with Crippen molar-refractivity contribution in [3.63, 3.8) is 0 Å². The average Bonchev–Trinajstić information content (AvgIpc) is 3.61. The van der Waals surface area contributed by atoms with Crippen molar-refractivity contribution < 1.29 is 37.1 Å². The van der Waals surface area contributed by atoms with Crippen molar-refractivity contribution >= 4 is 81.6 Å². The Bertz CT molecular complexity index is 2250. The maximum absolute atomic E-state index is 13.7. The second-order valence-corrected chi connectivity index (χ2v) is 16.8. The molecule has 2 aromatic heterocycles. The molecule has 2 atom stereocenters. The van der Waals surface area contributed by atoms with Crippen molar-refractivity contribution in [3.05, 3.63) is 41.7 Å². The van der Waals surface area contributed by atoms with Gasteiger partial charge in [-0.3, -0.25) is 44.0 Å². The summed E-state index contributed by atoms with van der Waals surface area (Å²) in [5.74, 6) is -0.547. The lowest BCUT2D eigenvalue weighted by Crippen LogP contribution is -2.58. The Kier molecular flexibility index (Phi) is 13.3. The van der Waals surface area contributed by atoms with Crippen molar-refractivity contribution in [3.8, 4) is 6.07 Å². The molecular formula is C40H49ClF3N11O5S. The molecule has 7 rings (SSSR count). The Balaban J connectivity index is 0.00000622. The molecular weight excluding hydrogens is 839 g/mol. The molecule has 3 saturated heterocycles. The maximum atomic E-state index is 13.7. The number of aromatic nitrogens is 3. The molecule has 4 fully saturated rings. The summed E-state index contributed by atoms with van der Waals surface area (Å²) in [4.78, 5) is 63.9. The summed E-state index contributed by atoms with van der Waals surface area (Å²) < 4.78 is 49.1. The number of halogens is 4. The standard InChI is InChI=1S/C40H48F3N11O5S.ClH/c1-23-20-50(21-24(2)52(23)22-33(56)46-30-8-6-7-28-34(30)49(5)48-35(28)51-14-13-32(55)47-37(51)58)15-16-59-27-11-9-25(10-12-27)54-38(60)53(36(57)39(54,3)4)26-17-29(40(41,42)43)31(18-44)45-19-26;/h6-8,17,19,23-25,27H,9-16,20-22H2,1-5H3,(H,46,56)(H,47,55,58);1H/t23-,24+,25?,27?;. The number of aryl methyl sites for hydroxylation is 1. The number of carbonyl (C=O) groups is 4. The fourth-order valence-corrected chi connectivity index (χ4v) is 9.62. The summed E-state index contributed by atoms with van der Waals surface area (Å²) in [7, 11) is 1.75. The van der Waals surface area contributed by atoms with Gasteiger partial charge in [-0.05, 0) is 83.8 Å². The van der Waals surface area contributed by atoms with E-state index in [0.717, 1.165) is 43.1 Å². The fourth-order valence-electron chi connectivity index (χ4n) is 9.05. The number of piperazine rings is 1. The Morgan fingerprint density at radius 3 is 2.44 bits per heavy atom. The zero-order valence-electron chi connectivity index (χ0n) is 34.5. The number of rotatable bonds is 10. The number of anilines is 3. The molecule has 1 saturated carbocycles. The van der Waals surface area contributed by atoms with E-state index in [4.69, 9.17) is 22.2 Å². The number of fused-ring (bicyclic) bond motifs is 1. The first-order chi connectivity index (χ1) is 28.4. The van der Waals surface area contributed by atoms with Gasteiger partial charge in [-0.25, -0.2) is 9.78 Å². The first-order valence-electron chi connectivity index (χ1n) is 20.0. The number of hydrogen-bond acceptors (Lipinski definition) is 11. The Morgan fingerprint density at radius 2 is 1.80 bits per heavy atom. The van der Waals surface area contributed by atoms with Crippen molar-refractivity contribution in [1.29, 1.82) is 5.26 Å². The molecule has 0 unspecified atom stereocenters. The SMILES string of the molecule is C[C@@H]1CN(CCOC2CCC(N3C(=S)N(c4cnc(C#N)c(C(F)(F)F)c4)C(=O)C3(C)C)CC2)C[C@H](C)N1CC(=O)Nc1cccc2c(N3CCC(=O)NC3=O)nn(C)c12.Cl. The lowest BCUT2D eigenvalue weighted by molar-refractivity contribution is -0.138. The summed E-state index contributed by atoms with van der Waals surface area (Å²) in [5.41, 5.74) is -1.99. The Hall–Kier alpha value is -4.94. The van der Waals surface area contributed by atoms with E-state index in [0.29, 0.717) is 48.4 Å². The molecule has 5 heterocycles. The van der Waals surface area contributed by atoms with Crippen LogP contribution in [0.3, 0.4) is 0 Å². The number of ether oxygens (including phenoxy) is 1. The molecule has 3 aliphatic heterocycles. The van der Waals surface area contributed by atoms with Gasteiger partial charge >= 0.3 is 12.2 Å². The van der Waals surface area contributed by atoms with Crippen LogP contribution in [0.1, 0.15) is 71.1 Å². The summed E-state index contributed by atoms with van der Waals surface area (Å²) in [6.45, 7) is 10.8. The van der Waals surface area contributed by atoms with E-state index >= 15 is 0 Å². The van der Waals surface area contributed by atoms with Crippen LogP contribution < -0.4 is 20.4 Å². The van der Waals surface area contributed by atoms with Gasteiger partial charge in [0, 0.05) is 63.2 Å². The first-order valence-corrected chi connectivity index (χ1v) is 20.4. The number of thiocarbonyl (C=S) groups is 1. The number of nitrogens with zero attached hydrogens (tertiary/aromatic N) is 9. The van der Waals surface area contributed by atoms with Crippen molar-refractivity contribution in [2.24, 2.45) is 7.05 Å². The summed E-state index contributed by atoms with van der Waals surface area (Å²) in [5, 5.41) is 19.9. The van der Waals surface area contributed by atoms with E-state index in [1.54, 1.807) is 37.7 Å². The number of para-hydroxylation sites is 1. The molecule has 0 radical (unpaired) electrons. The van der Waals surface area contributed by atoms with Gasteiger partial charge in [0.1, 0.15) is 11.6 Å². The Labute approximate surface area is 362 Å². The zero-order valence-corrected chi connectivity index (χ0v) is 36.1. The number of imide groups is 1. The van der Waals surface area contributed by atoms with Crippen LogP contribution in [0.5, 0.6) is 0 Å². The number of benzene rings is 1. The molecule has 5 amide bonds. The number of alkyl halides is 3. The minimum absolute atomic E-state index is 0. The lowest BCUT2D eigenvalue weighted by Gasteiger charge is -2.44. The molecule has 3 aromatic rings. The second kappa shape index (κ2) is 17.8. The average molecular weight is 888 g/mol. The molecule has 2 N–H and O–H groups in total. The number of hydrogen-bond donors (Lipinski definition) is 2. The van der Waals surface area contributed by atoms with Gasteiger partial charge in [-0.1, -0.05) is 6.07 Å². The highest BCUT2D eigenvalue weighted by molar-refractivity contribution is 7.80. The van der Waals surface area contributed by atoms with E-state index in [-0.39, 0.29) is 78.8 Å². The number of pyridine rings is 1. The molecule has 0 bridgehead atoms. The molecule has 4 aliphatic rings. The third-order valence-electron chi connectivity index (χ3n) is 12.0. The van der Waals surface area contributed by atoms with Gasteiger partial charge in [0.25, 0.3) is 5.91 Å². The van der Waals surface area contributed by atoms with Gasteiger partial charge in [-0.2, -0.15) is 23.5 Å². The normalized spacial score (nSPS) is 23.9. The summed E-state index contributed by atoms with van der Waals surface area (Å²) in [6, 6.07) is 7.18. The van der Waals surface area contributed by atoms with Crippen LogP contribution in [-0.4, -0.2) is 127 Å². The Morgan fingerprint density at radius 1 is 1.11 bits per heavy atom. The minimum Gasteiger partial charge on any atom is -0.377 e. The zero-order chi connectivity index (χ0) is 43.3. The van der Waals surface area contributed by atoms with Crippen LogP contribution in [-0.2, 0) is 32.3 Å². The first kappa shape index (κ1) is 45.6. The molecule has 0 spiro atoms. The predicted molar refractivity (Wildman–Crippen MR) is 226 cm³/mol. The van der Waals surface area contributed by atoms with Gasteiger partial charge < -0.3 is 15.0 Å². The van der Waals surface area contributed by atoms with Gasteiger partial charge in [0.05, 0.1) is 47.9 Å². The lowest BCUT2D eigenvalue weighted by atomic mass is 9.89. The van der Waals surface area contributed by atoms with E-state index < -0.39 is 34.9 Å². The minimum atomic E-state index is -4.83. The number of nitriles is 1. The summed E-state index contributed by atoms with van der Waals surface area (Å²) >= 11 is 5.72. The topological polar surface area (TPSA) is 172 Å².